The van der Waals surface area contributed by atoms with Gasteiger partial charge in [0, 0.05) is 0 Å². The number of aromatic nitrogens is 2. The van der Waals surface area contributed by atoms with Crippen LogP contribution in [0.2, 0.25) is 0 Å². The average molecular weight is 233 g/mol. The van der Waals surface area contributed by atoms with Crippen LogP contribution in [-0.2, 0) is 0 Å². The predicted molar refractivity (Wildman–Crippen MR) is 68.8 cm³/mol. The summed E-state index contributed by atoms with van der Waals surface area (Å²) in [5, 5.41) is 9.46. The molecular weight excluding hydrogens is 214 g/mol. The highest BCUT2D eigenvalue weighted by molar-refractivity contribution is 5.76. The number of aliphatic hydroxyl groups is 1. The van der Waals surface area contributed by atoms with E-state index >= 15 is 0 Å². The fourth-order valence-electron chi connectivity index (χ4n) is 1.79. The number of aliphatic hydroxyl groups excluding tert-OH is 1. The van der Waals surface area contributed by atoms with Crippen molar-refractivity contribution in [3.63, 3.8) is 0 Å². The second kappa shape index (κ2) is 4.47. The van der Waals surface area contributed by atoms with Crippen molar-refractivity contribution in [3.05, 3.63) is 29.6 Å². The molecule has 0 saturated carbocycles. The van der Waals surface area contributed by atoms with Crippen molar-refractivity contribution in [2.75, 3.05) is 0 Å². The van der Waals surface area contributed by atoms with Crippen LogP contribution in [0, 0.1) is 0 Å². The Morgan fingerprint density at radius 2 is 2.00 bits per heavy atom. The summed E-state index contributed by atoms with van der Waals surface area (Å²) in [5.41, 5.74) is 8.98. The molecule has 0 amide bonds. The molecule has 0 radical (unpaired) electrons. The van der Waals surface area contributed by atoms with Gasteiger partial charge in [-0.05, 0) is 30.5 Å². The first-order valence-corrected chi connectivity index (χ1v) is 5.92. The van der Waals surface area contributed by atoms with Gasteiger partial charge in [0.05, 0.1) is 23.2 Å². The predicted octanol–water partition coefficient (Wildman–Crippen LogP) is 2.07. The van der Waals surface area contributed by atoms with Crippen LogP contribution in [0.25, 0.3) is 11.0 Å². The molecule has 2 atom stereocenters. The Balaban J connectivity index is 2.43. The fraction of sp³-hybridized carbons (Fsp3) is 0.462. The highest BCUT2D eigenvalue weighted by Crippen LogP contribution is 2.21. The van der Waals surface area contributed by atoms with Gasteiger partial charge in [-0.25, -0.2) is 4.98 Å². The number of aromatic amines is 1. The molecule has 0 saturated heterocycles. The van der Waals surface area contributed by atoms with Crippen LogP contribution in [0.3, 0.4) is 0 Å². The zero-order valence-electron chi connectivity index (χ0n) is 10.4. The monoisotopic (exact) mass is 233 g/mol. The molecule has 1 aromatic carbocycles. The highest BCUT2D eigenvalue weighted by Gasteiger charge is 2.16. The van der Waals surface area contributed by atoms with Crippen LogP contribution in [0.1, 0.15) is 44.1 Å². The summed E-state index contributed by atoms with van der Waals surface area (Å²) in [6.07, 6.45) is -0.611. The molecule has 17 heavy (non-hydrogen) atoms. The van der Waals surface area contributed by atoms with E-state index in [1.807, 2.05) is 6.07 Å². The lowest BCUT2D eigenvalue weighted by molar-refractivity contribution is 0.161. The quantitative estimate of drug-likeness (QED) is 0.759. The number of benzene rings is 1. The lowest BCUT2D eigenvalue weighted by Gasteiger charge is -2.10. The highest BCUT2D eigenvalue weighted by atomic mass is 16.3. The summed E-state index contributed by atoms with van der Waals surface area (Å²) in [6, 6.07) is 5.68. The maximum Gasteiger partial charge on any atom is 0.126 e. The summed E-state index contributed by atoms with van der Waals surface area (Å²) in [5.74, 6) is 1.12. The number of nitrogens with two attached hydrogens (primary N) is 1. The number of fused-ring (bicyclic) bond motifs is 1. The van der Waals surface area contributed by atoms with E-state index in [0.29, 0.717) is 11.7 Å². The first-order valence-electron chi connectivity index (χ1n) is 5.92. The Kier molecular flexibility index (Phi) is 3.17. The van der Waals surface area contributed by atoms with Crippen LogP contribution in [0.15, 0.2) is 18.2 Å². The van der Waals surface area contributed by atoms with Crippen molar-refractivity contribution in [2.45, 2.75) is 38.8 Å². The van der Waals surface area contributed by atoms with E-state index in [1.165, 1.54) is 5.56 Å². The van der Waals surface area contributed by atoms with Crippen molar-refractivity contribution in [3.8, 4) is 0 Å². The third-order valence-electron chi connectivity index (χ3n) is 3.03. The largest absolute Gasteiger partial charge is 0.391 e. The lowest BCUT2D eigenvalue weighted by Crippen LogP contribution is -2.24. The van der Waals surface area contributed by atoms with Gasteiger partial charge >= 0.3 is 0 Å². The average Bonchev–Trinajstić information content (AvgIpc) is 2.69. The molecule has 4 heteroatoms. The maximum atomic E-state index is 9.46. The van der Waals surface area contributed by atoms with Crippen molar-refractivity contribution >= 4 is 11.0 Å². The minimum absolute atomic E-state index is 0.468. The van der Waals surface area contributed by atoms with Crippen molar-refractivity contribution in [1.82, 2.24) is 9.97 Å². The molecule has 4 N–H and O–H groups in total. The Bertz CT molecular complexity index is 516. The van der Waals surface area contributed by atoms with Gasteiger partial charge in [-0.1, -0.05) is 19.9 Å². The van der Waals surface area contributed by atoms with Gasteiger partial charge < -0.3 is 15.8 Å². The van der Waals surface area contributed by atoms with Gasteiger partial charge in [0.1, 0.15) is 5.82 Å². The Labute approximate surface area is 101 Å². The van der Waals surface area contributed by atoms with Gasteiger partial charge in [-0.15, -0.1) is 0 Å². The van der Waals surface area contributed by atoms with Crippen LogP contribution >= 0.6 is 0 Å². The SMILES string of the molecule is CC(C)c1ccc2nc([C@H](N)[C@@H](C)O)[nH]c2c1. The summed E-state index contributed by atoms with van der Waals surface area (Å²) in [7, 11) is 0. The van der Waals surface area contributed by atoms with E-state index in [-0.39, 0.29) is 0 Å². The molecule has 2 rings (SSSR count). The van der Waals surface area contributed by atoms with Crippen LogP contribution in [-0.4, -0.2) is 21.2 Å². The van der Waals surface area contributed by atoms with Crippen LogP contribution in [0.4, 0.5) is 0 Å². The maximum absolute atomic E-state index is 9.46. The number of H-pyrrole nitrogens is 1. The summed E-state index contributed by atoms with van der Waals surface area (Å²) in [6.45, 7) is 5.97. The smallest absolute Gasteiger partial charge is 0.126 e. The standard InChI is InChI=1S/C13H19N3O/c1-7(2)9-4-5-10-11(6-9)16-13(15-10)12(14)8(3)17/h4-8,12,17H,14H2,1-3H3,(H,15,16)/t8-,12-/m1/s1. The zero-order chi connectivity index (χ0) is 12.6. The molecule has 0 aliphatic carbocycles. The number of imidazole rings is 1. The minimum Gasteiger partial charge on any atom is -0.391 e. The Morgan fingerprint density at radius 1 is 1.29 bits per heavy atom. The normalized spacial score (nSPS) is 15.4. The molecule has 92 valence electrons. The van der Waals surface area contributed by atoms with Gasteiger partial charge in [0.25, 0.3) is 0 Å². The van der Waals surface area contributed by atoms with E-state index in [9.17, 15) is 5.11 Å². The zero-order valence-corrected chi connectivity index (χ0v) is 10.4. The van der Waals surface area contributed by atoms with Gasteiger partial charge in [0.15, 0.2) is 0 Å². The number of nitrogens with one attached hydrogen (secondary N) is 1. The van der Waals surface area contributed by atoms with E-state index in [1.54, 1.807) is 6.92 Å². The first kappa shape index (κ1) is 12.1. The molecule has 2 aromatic rings. The summed E-state index contributed by atoms with van der Waals surface area (Å²) < 4.78 is 0. The molecule has 1 aromatic heterocycles. The third-order valence-corrected chi connectivity index (χ3v) is 3.03. The second-order valence-electron chi connectivity index (χ2n) is 4.82. The topological polar surface area (TPSA) is 74.9 Å². The summed E-state index contributed by atoms with van der Waals surface area (Å²) in [4.78, 5) is 7.57. The molecule has 0 spiro atoms. The third kappa shape index (κ3) is 2.33. The van der Waals surface area contributed by atoms with Crippen LogP contribution in [0.5, 0.6) is 0 Å². The van der Waals surface area contributed by atoms with E-state index in [0.717, 1.165) is 11.0 Å². The number of nitrogens with zero attached hydrogens (tertiary/aromatic N) is 1. The number of hydrogen-bond donors (Lipinski definition) is 3. The molecule has 1 heterocycles. The van der Waals surface area contributed by atoms with E-state index in [4.69, 9.17) is 5.73 Å². The first-order chi connectivity index (χ1) is 7.99. The molecule has 0 unspecified atom stereocenters. The number of hydrogen-bond acceptors (Lipinski definition) is 3. The Hall–Kier alpha value is -1.39. The molecule has 0 fully saturated rings. The molecule has 0 aliphatic rings. The van der Waals surface area contributed by atoms with Crippen molar-refractivity contribution < 1.29 is 5.11 Å². The molecular formula is C13H19N3O. The van der Waals surface area contributed by atoms with Crippen molar-refractivity contribution in [1.29, 1.82) is 0 Å². The Morgan fingerprint density at radius 3 is 2.59 bits per heavy atom. The molecule has 0 aliphatic heterocycles. The van der Waals surface area contributed by atoms with Gasteiger partial charge in [-0.2, -0.15) is 0 Å². The lowest BCUT2D eigenvalue weighted by atomic mass is 10.0. The van der Waals surface area contributed by atoms with Crippen molar-refractivity contribution in [2.24, 2.45) is 5.73 Å². The second-order valence-corrected chi connectivity index (χ2v) is 4.82. The van der Waals surface area contributed by atoms with E-state index < -0.39 is 12.1 Å². The van der Waals surface area contributed by atoms with E-state index in [2.05, 4.69) is 35.9 Å². The summed E-state index contributed by atoms with van der Waals surface area (Å²) >= 11 is 0. The minimum atomic E-state index is -0.611. The number of rotatable bonds is 3. The molecule has 4 nitrogen and oxygen atoms in total. The van der Waals surface area contributed by atoms with Gasteiger partial charge in [0.2, 0.25) is 0 Å². The fourth-order valence-corrected chi connectivity index (χ4v) is 1.79. The van der Waals surface area contributed by atoms with Crippen LogP contribution < -0.4 is 5.73 Å². The molecule has 0 bridgehead atoms. The van der Waals surface area contributed by atoms with Gasteiger partial charge in [-0.3, -0.25) is 0 Å².